The molecule has 4 nitrogen and oxygen atoms in total. The van der Waals surface area contributed by atoms with E-state index in [9.17, 15) is 0 Å². The maximum absolute atomic E-state index is 4.32. The summed E-state index contributed by atoms with van der Waals surface area (Å²) in [6.07, 6.45) is 3.47. The third-order valence-corrected chi connectivity index (χ3v) is 3.08. The summed E-state index contributed by atoms with van der Waals surface area (Å²) < 4.78 is 1.12. The fourth-order valence-corrected chi connectivity index (χ4v) is 2.30. The van der Waals surface area contributed by atoms with E-state index >= 15 is 0 Å². The number of hydrogen-bond donors (Lipinski definition) is 1. The third kappa shape index (κ3) is 2.14. The van der Waals surface area contributed by atoms with Crippen molar-refractivity contribution in [3.63, 3.8) is 0 Å². The van der Waals surface area contributed by atoms with Crippen molar-refractivity contribution in [1.29, 1.82) is 0 Å². The van der Waals surface area contributed by atoms with E-state index in [1.807, 2.05) is 6.20 Å². The molecule has 0 aromatic carbocycles. The van der Waals surface area contributed by atoms with E-state index in [-0.39, 0.29) is 0 Å². The van der Waals surface area contributed by atoms with Gasteiger partial charge in [-0.05, 0) is 29.5 Å². The van der Waals surface area contributed by atoms with Gasteiger partial charge in [0.25, 0.3) is 0 Å². The van der Waals surface area contributed by atoms with Crippen molar-refractivity contribution >= 4 is 28.4 Å². The molecule has 0 saturated carbocycles. The highest BCUT2D eigenvalue weighted by atomic mass is 127. The topological polar surface area (TPSA) is 41.1 Å². The van der Waals surface area contributed by atoms with E-state index in [2.05, 4.69) is 49.7 Å². The second-order valence-electron chi connectivity index (χ2n) is 3.50. The standard InChI is InChI=1S/C9H13IN4/c1-7-5-14(3-2-12-7)9-8(10)4-11-6-13-9/h4,6-7,12H,2-3,5H2,1H3/t7-/m1/s1. The Bertz CT molecular complexity index is 317. The fraction of sp³-hybridized carbons (Fsp3) is 0.556. The molecule has 0 amide bonds. The van der Waals surface area contributed by atoms with Gasteiger partial charge < -0.3 is 10.2 Å². The lowest BCUT2D eigenvalue weighted by atomic mass is 10.2. The number of rotatable bonds is 1. The Morgan fingerprint density at radius 2 is 2.50 bits per heavy atom. The molecule has 1 aromatic heterocycles. The van der Waals surface area contributed by atoms with Gasteiger partial charge in [-0.25, -0.2) is 9.97 Å². The number of piperazine rings is 1. The highest BCUT2D eigenvalue weighted by Crippen LogP contribution is 2.18. The van der Waals surface area contributed by atoms with Crippen LogP contribution in [0.1, 0.15) is 6.92 Å². The predicted molar refractivity (Wildman–Crippen MR) is 64.4 cm³/mol. The molecule has 0 aliphatic carbocycles. The number of hydrogen-bond acceptors (Lipinski definition) is 4. The molecule has 2 rings (SSSR count). The van der Waals surface area contributed by atoms with Crippen molar-refractivity contribution in [3.05, 3.63) is 16.1 Å². The largest absolute Gasteiger partial charge is 0.353 e. The summed E-state index contributed by atoms with van der Waals surface area (Å²) in [7, 11) is 0. The zero-order valence-electron chi connectivity index (χ0n) is 8.07. The van der Waals surface area contributed by atoms with Crippen LogP contribution in [0.5, 0.6) is 0 Å². The van der Waals surface area contributed by atoms with Crippen LogP contribution in [-0.2, 0) is 0 Å². The summed E-state index contributed by atoms with van der Waals surface area (Å²) in [5, 5.41) is 3.41. The predicted octanol–water partition coefficient (Wildman–Crippen LogP) is 0.879. The second kappa shape index (κ2) is 4.39. The van der Waals surface area contributed by atoms with Crippen LogP contribution in [0.25, 0.3) is 0 Å². The molecule has 2 heterocycles. The van der Waals surface area contributed by atoms with Crippen molar-refractivity contribution in [2.75, 3.05) is 24.5 Å². The molecular formula is C9H13IN4. The highest BCUT2D eigenvalue weighted by molar-refractivity contribution is 14.1. The van der Waals surface area contributed by atoms with E-state index in [0.717, 1.165) is 29.0 Å². The van der Waals surface area contributed by atoms with Crippen molar-refractivity contribution in [2.24, 2.45) is 0 Å². The van der Waals surface area contributed by atoms with Gasteiger partial charge >= 0.3 is 0 Å². The van der Waals surface area contributed by atoms with Crippen LogP contribution in [0.2, 0.25) is 0 Å². The Morgan fingerprint density at radius 3 is 3.21 bits per heavy atom. The number of anilines is 1. The van der Waals surface area contributed by atoms with Crippen molar-refractivity contribution in [1.82, 2.24) is 15.3 Å². The van der Waals surface area contributed by atoms with E-state index < -0.39 is 0 Å². The van der Waals surface area contributed by atoms with Gasteiger partial charge in [-0.3, -0.25) is 0 Å². The van der Waals surface area contributed by atoms with Crippen LogP contribution in [0.4, 0.5) is 5.82 Å². The summed E-state index contributed by atoms with van der Waals surface area (Å²) in [6.45, 7) is 5.27. The zero-order valence-corrected chi connectivity index (χ0v) is 10.2. The number of halogens is 1. The molecule has 0 spiro atoms. The van der Waals surface area contributed by atoms with Crippen LogP contribution in [0, 0.1) is 3.57 Å². The summed E-state index contributed by atoms with van der Waals surface area (Å²) in [4.78, 5) is 10.6. The Kier molecular flexibility index (Phi) is 3.17. The first-order chi connectivity index (χ1) is 6.77. The fourth-order valence-electron chi connectivity index (χ4n) is 1.66. The van der Waals surface area contributed by atoms with Gasteiger partial charge in [0.05, 0.1) is 3.57 Å². The molecule has 0 radical (unpaired) electrons. The minimum Gasteiger partial charge on any atom is -0.353 e. The van der Waals surface area contributed by atoms with Crippen LogP contribution < -0.4 is 10.2 Å². The number of nitrogens with zero attached hydrogens (tertiary/aromatic N) is 3. The normalized spacial score (nSPS) is 22.4. The quantitative estimate of drug-likeness (QED) is 0.782. The number of aromatic nitrogens is 2. The Balaban J connectivity index is 2.18. The summed E-state index contributed by atoms with van der Waals surface area (Å²) >= 11 is 2.28. The zero-order chi connectivity index (χ0) is 9.97. The lowest BCUT2D eigenvalue weighted by Crippen LogP contribution is -2.49. The molecule has 1 atom stereocenters. The van der Waals surface area contributed by atoms with Gasteiger partial charge in [-0.15, -0.1) is 0 Å². The van der Waals surface area contributed by atoms with Crippen LogP contribution in [-0.4, -0.2) is 35.6 Å². The number of nitrogens with one attached hydrogen (secondary N) is 1. The van der Waals surface area contributed by atoms with Crippen LogP contribution in [0.15, 0.2) is 12.5 Å². The Morgan fingerprint density at radius 1 is 1.64 bits per heavy atom. The second-order valence-corrected chi connectivity index (χ2v) is 4.66. The molecule has 1 saturated heterocycles. The maximum Gasteiger partial charge on any atom is 0.145 e. The minimum atomic E-state index is 0.537. The lowest BCUT2D eigenvalue weighted by Gasteiger charge is -2.33. The van der Waals surface area contributed by atoms with Gasteiger partial charge in [-0.1, -0.05) is 0 Å². The molecule has 1 N–H and O–H groups in total. The van der Waals surface area contributed by atoms with Gasteiger partial charge in [0.2, 0.25) is 0 Å². The summed E-state index contributed by atoms with van der Waals surface area (Å²) in [6, 6.07) is 0.537. The Hall–Kier alpha value is -0.430. The molecule has 76 valence electrons. The van der Waals surface area contributed by atoms with Crippen LogP contribution in [0.3, 0.4) is 0 Å². The monoisotopic (exact) mass is 304 g/mol. The molecule has 14 heavy (non-hydrogen) atoms. The first-order valence-electron chi connectivity index (χ1n) is 4.71. The third-order valence-electron chi connectivity index (χ3n) is 2.32. The SMILES string of the molecule is C[C@@H]1CN(c2ncncc2I)CCN1. The summed E-state index contributed by atoms with van der Waals surface area (Å²) in [5.74, 6) is 1.06. The molecule has 1 fully saturated rings. The molecule has 1 aliphatic heterocycles. The van der Waals surface area contributed by atoms with E-state index in [1.54, 1.807) is 6.33 Å². The molecule has 1 aromatic rings. The Labute approximate surface area is 97.3 Å². The van der Waals surface area contributed by atoms with Crippen LogP contribution >= 0.6 is 22.6 Å². The van der Waals surface area contributed by atoms with Gasteiger partial charge in [0.1, 0.15) is 12.1 Å². The van der Waals surface area contributed by atoms with Gasteiger partial charge in [-0.2, -0.15) is 0 Å². The molecule has 1 aliphatic rings. The highest BCUT2D eigenvalue weighted by Gasteiger charge is 2.18. The maximum atomic E-state index is 4.32. The molecular weight excluding hydrogens is 291 g/mol. The van der Waals surface area contributed by atoms with Crippen molar-refractivity contribution < 1.29 is 0 Å². The first-order valence-corrected chi connectivity index (χ1v) is 5.79. The minimum absolute atomic E-state index is 0.537. The molecule has 0 bridgehead atoms. The van der Waals surface area contributed by atoms with Gasteiger partial charge in [0.15, 0.2) is 0 Å². The average Bonchev–Trinajstić information content (AvgIpc) is 2.18. The van der Waals surface area contributed by atoms with E-state index in [1.165, 1.54) is 0 Å². The van der Waals surface area contributed by atoms with E-state index in [0.29, 0.717) is 6.04 Å². The average molecular weight is 304 g/mol. The molecule has 0 unspecified atom stereocenters. The van der Waals surface area contributed by atoms with E-state index in [4.69, 9.17) is 0 Å². The lowest BCUT2D eigenvalue weighted by molar-refractivity contribution is 0.481. The summed E-state index contributed by atoms with van der Waals surface area (Å²) in [5.41, 5.74) is 0. The van der Waals surface area contributed by atoms with Crippen molar-refractivity contribution in [3.8, 4) is 0 Å². The van der Waals surface area contributed by atoms with Gasteiger partial charge in [0, 0.05) is 31.9 Å². The first kappa shape index (κ1) is 10.1. The smallest absolute Gasteiger partial charge is 0.145 e. The van der Waals surface area contributed by atoms with Crippen molar-refractivity contribution in [2.45, 2.75) is 13.0 Å². The molecule has 5 heteroatoms.